The number of carbonyl (C=O) groups excluding carboxylic acids is 2. The lowest BCUT2D eigenvalue weighted by molar-refractivity contribution is -0.384. The van der Waals surface area contributed by atoms with E-state index < -0.39 is 4.92 Å². The van der Waals surface area contributed by atoms with Crippen molar-refractivity contribution in [3.8, 4) is 0 Å². The molecule has 1 fully saturated rings. The summed E-state index contributed by atoms with van der Waals surface area (Å²) in [5.41, 5.74) is 0.828. The molecule has 0 saturated carbocycles. The van der Waals surface area contributed by atoms with Gasteiger partial charge in [0.1, 0.15) is 6.54 Å². The molecule has 2 amide bonds. The molecule has 8 nitrogen and oxygen atoms in total. The van der Waals surface area contributed by atoms with Crippen LogP contribution in [0.25, 0.3) is 10.9 Å². The predicted molar refractivity (Wildman–Crippen MR) is 110 cm³/mol. The number of nitro groups is 1. The molecule has 1 unspecified atom stereocenters. The van der Waals surface area contributed by atoms with Crippen molar-refractivity contribution in [3.63, 3.8) is 0 Å². The van der Waals surface area contributed by atoms with Crippen LogP contribution in [0.4, 0.5) is 5.69 Å². The minimum absolute atomic E-state index is 0.00439. The number of carbonyl (C=O) groups is 2. The third-order valence-electron chi connectivity index (χ3n) is 5.86. The van der Waals surface area contributed by atoms with E-state index in [0.29, 0.717) is 31.8 Å². The van der Waals surface area contributed by atoms with E-state index in [2.05, 4.69) is 19.2 Å². The fraction of sp³-hybridized carbons (Fsp3) is 0.524. The Bertz CT molecular complexity index is 913. The molecule has 1 aromatic carbocycles. The highest BCUT2D eigenvalue weighted by Crippen LogP contribution is 2.23. The van der Waals surface area contributed by atoms with Gasteiger partial charge in [-0.3, -0.25) is 19.7 Å². The monoisotopic (exact) mass is 400 g/mol. The molecule has 0 spiro atoms. The molecule has 0 bridgehead atoms. The van der Waals surface area contributed by atoms with Crippen LogP contribution in [0.3, 0.4) is 0 Å². The molecule has 3 rings (SSSR count). The minimum atomic E-state index is -0.426. The second kappa shape index (κ2) is 8.63. The van der Waals surface area contributed by atoms with E-state index in [4.69, 9.17) is 0 Å². The van der Waals surface area contributed by atoms with E-state index in [-0.39, 0.29) is 36.0 Å². The smallest absolute Gasteiger partial charge is 0.270 e. The SMILES string of the molecule is CC(C)C(C)NC(=O)C1CCN(C(=O)Cn2ccc3cc([N+](=O)[O-])ccc32)CC1. The highest BCUT2D eigenvalue weighted by molar-refractivity contribution is 5.85. The average Bonchev–Trinajstić information content (AvgIpc) is 3.09. The quantitative estimate of drug-likeness (QED) is 0.595. The number of amides is 2. The third kappa shape index (κ3) is 4.75. The van der Waals surface area contributed by atoms with Crippen molar-refractivity contribution in [2.75, 3.05) is 13.1 Å². The van der Waals surface area contributed by atoms with Crippen LogP contribution < -0.4 is 5.32 Å². The lowest BCUT2D eigenvalue weighted by Gasteiger charge is -2.32. The fourth-order valence-electron chi connectivity index (χ4n) is 3.58. The van der Waals surface area contributed by atoms with E-state index in [1.165, 1.54) is 12.1 Å². The van der Waals surface area contributed by atoms with Crippen LogP contribution in [0.1, 0.15) is 33.6 Å². The summed E-state index contributed by atoms with van der Waals surface area (Å²) in [5.74, 6) is 0.415. The first-order chi connectivity index (χ1) is 13.8. The number of fused-ring (bicyclic) bond motifs is 1. The molecule has 156 valence electrons. The number of benzene rings is 1. The Balaban J connectivity index is 1.57. The zero-order chi connectivity index (χ0) is 21.1. The Kier molecular flexibility index (Phi) is 6.20. The van der Waals surface area contributed by atoms with Crippen molar-refractivity contribution < 1.29 is 14.5 Å². The maximum atomic E-state index is 12.7. The molecule has 0 aliphatic carbocycles. The molecule has 1 saturated heterocycles. The Hall–Kier alpha value is -2.90. The number of likely N-dealkylation sites (tertiary alicyclic amines) is 1. The number of nitro benzene ring substituents is 1. The van der Waals surface area contributed by atoms with Crippen molar-refractivity contribution in [1.82, 2.24) is 14.8 Å². The Labute approximate surface area is 170 Å². The van der Waals surface area contributed by atoms with Gasteiger partial charge < -0.3 is 14.8 Å². The second-order valence-corrected chi connectivity index (χ2v) is 8.14. The van der Waals surface area contributed by atoms with Crippen LogP contribution in [-0.4, -0.2) is 45.3 Å². The molecule has 29 heavy (non-hydrogen) atoms. The average molecular weight is 400 g/mol. The lowest BCUT2D eigenvalue weighted by atomic mass is 9.94. The molecule has 8 heteroatoms. The first kappa shape index (κ1) is 20.8. The van der Waals surface area contributed by atoms with Crippen molar-refractivity contribution >= 4 is 28.4 Å². The van der Waals surface area contributed by atoms with E-state index in [1.807, 2.05) is 11.5 Å². The molecule has 1 aliphatic heterocycles. The molecule has 2 heterocycles. The standard InChI is InChI=1S/C21H28N4O4/c1-14(2)15(3)22-21(27)16-6-9-23(10-7-16)20(26)13-24-11-8-17-12-18(25(28)29)4-5-19(17)24/h4-5,8,11-12,14-16H,6-7,9-10,13H2,1-3H3,(H,22,27). The van der Waals surface area contributed by atoms with Crippen LogP contribution in [0.5, 0.6) is 0 Å². The summed E-state index contributed by atoms with van der Waals surface area (Å²) in [7, 11) is 0. The van der Waals surface area contributed by atoms with E-state index in [1.54, 1.807) is 23.2 Å². The molecular weight excluding hydrogens is 372 g/mol. The van der Waals surface area contributed by atoms with Gasteiger partial charge in [0, 0.05) is 54.3 Å². The Morgan fingerprint density at radius 1 is 1.21 bits per heavy atom. The zero-order valence-electron chi connectivity index (χ0n) is 17.1. The summed E-state index contributed by atoms with van der Waals surface area (Å²) in [4.78, 5) is 37.4. The molecular formula is C21H28N4O4. The van der Waals surface area contributed by atoms with E-state index >= 15 is 0 Å². The number of nitrogens with zero attached hydrogens (tertiary/aromatic N) is 3. The van der Waals surface area contributed by atoms with Crippen LogP contribution in [0.15, 0.2) is 30.5 Å². The van der Waals surface area contributed by atoms with Gasteiger partial charge >= 0.3 is 0 Å². The molecule has 2 aromatic rings. The lowest BCUT2D eigenvalue weighted by Crippen LogP contribution is -2.46. The summed E-state index contributed by atoms with van der Waals surface area (Å²) >= 11 is 0. The Morgan fingerprint density at radius 3 is 2.52 bits per heavy atom. The van der Waals surface area contributed by atoms with Crippen LogP contribution >= 0.6 is 0 Å². The summed E-state index contributed by atoms with van der Waals surface area (Å²) in [5, 5.41) is 14.7. The van der Waals surface area contributed by atoms with Crippen molar-refractivity contribution in [2.45, 2.75) is 46.2 Å². The number of piperidine rings is 1. The summed E-state index contributed by atoms with van der Waals surface area (Å²) in [6.45, 7) is 7.49. The number of non-ortho nitro benzene ring substituents is 1. The summed E-state index contributed by atoms with van der Waals surface area (Å²) in [6.07, 6.45) is 3.11. The van der Waals surface area contributed by atoms with Crippen molar-refractivity contribution in [2.24, 2.45) is 11.8 Å². The van der Waals surface area contributed by atoms with Crippen LogP contribution in [0.2, 0.25) is 0 Å². The maximum Gasteiger partial charge on any atom is 0.270 e. The largest absolute Gasteiger partial charge is 0.353 e. The molecule has 1 atom stereocenters. The first-order valence-corrected chi connectivity index (χ1v) is 10.1. The van der Waals surface area contributed by atoms with Gasteiger partial charge in [-0.1, -0.05) is 13.8 Å². The van der Waals surface area contributed by atoms with Crippen LogP contribution in [0, 0.1) is 22.0 Å². The summed E-state index contributed by atoms with van der Waals surface area (Å²) in [6, 6.07) is 6.55. The van der Waals surface area contributed by atoms with Gasteiger partial charge in [-0.05, 0) is 37.8 Å². The maximum absolute atomic E-state index is 12.7. The number of rotatable bonds is 6. The number of hydrogen-bond acceptors (Lipinski definition) is 4. The highest BCUT2D eigenvalue weighted by Gasteiger charge is 2.28. The van der Waals surface area contributed by atoms with Gasteiger partial charge in [-0.25, -0.2) is 0 Å². The number of nitrogens with one attached hydrogen (secondary N) is 1. The Morgan fingerprint density at radius 2 is 1.90 bits per heavy atom. The van der Waals surface area contributed by atoms with E-state index in [9.17, 15) is 19.7 Å². The molecule has 1 aliphatic rings. The molecule has 0 radical (unpaired) electrons. The fourth-order valence-corrected chi connectivity index (χ4v) is 3.58. The number of aromatic nitrogens is 1. The van der Waals surface area contributed by atoms with Gasteiger partial charge in [0.15, 0.2) is 0 Å². The minimum Gasteiger partial charge on any atom is -0.353 e. The summed E-state index contributed by atoms with van der Waals surface area (Å²) < 4.78 is 1.81. The highest BCUT2D eigenvalue weighted by atomic mass is 16.6. The second-order valence-electron chi connectivity index (χ2n) is 8.14. The van der Waals surface area contributed by atoms with Gasteiger partial charge in [-0.15, -0.1) is 0 Å². The number of hydrogen-bond donors (Lipinski definition) is 1. The topological polar surface area (TPSA) is 97.5 Å². The van der Waals surface area contributed by atoms with Gasteiger partial charge in [0.25, 0.3) is 5.69 Å². The zero-order valence-corrected chi connectivity index (χ0v) is 17.1. The molecule has 1 N–H and O–H groups in total. The molecule has 1 aromatic heterocycles. The normalized spacial score (nSPS) is 16.2. The van der Waals surface area contributed by atoms with E-state index in [0.717, 1.165) is 10.9 Å². The van der Waals surface area contributed by atoms with Gasteiger partial charge in [0.05, 0.1) is 4.92 Å². The predicted octanol–water partition coefficient (Wildman–Crippen LogP) is 2.95. The van der Waals surface area contributed by atoms with Crippen molar-refractivity contribution in [3.05, 3.63) is 40.6 Å². The first-order valence-electron chi connectivity index (χ1n) is 10.1. The van der Waals surface area contributed by atoms with Gasteiger partial charge in [0.2, 0.25) is 11.8 Å². The van der Waals surface area contributed by atoms with Crippen LogP contribution in [-0.2, 0) is 16.1 Å². The van der Waals surface area contributed by atoms with Gasteiger partial charge in [-0.2, -0.15) is 0 Å². The third-order valence-corrected chi connectivity index (χ3v) is 5.86. The van der Waals surface area contributed by atoms with Crippen molar-refractivity contribution in [1.29, 1.82) is 0 Å².